The summed E-state index contributed by atoms with van der Waals surface area (Å²) in [6.07, 6.45) is 1.85. The van der Waals surface area contributed by atoms with E-state index in [1.165, 1.54) is 19.1 Å². The molecule has 1 N–H and O–H groups in total. The van der Waals surface area contributed by atoms with Gasteiger partial charge >= 0.3 is 0 Å². The Morgan fingerprint density at radius 3 is 2.53 bits per heavy atom. The lowest BCUT2D eigenvalue weighted by Gasteiger charge is -2.38. The summed E-state index contributed by atoms with van der Waals surface area (Å²) in [4.78, 5) is 25.0. The van der Waals surface area contributed by atoms with Crippen molar-refractivity contribution in [3.8, 4) is 0 Å². The number of nitrogens with one attached hydrogen (secondary N) is 1. The van der Waals surface area contributed by atoms with E-state index < -0.39 is 0 Å². The molecule has 8 heteroatoms. The van der Waals surface area contributed by atoms with Crippen LogP contribution >= 0.6 is 0 Å². The zero-order chi connectivity index (χ0) is 22.7. The lowest BCUT2D eigenvalue weighted by atomic mass is 10.0. The van der Waals surface area contributed by atoms with Crippen LogP contribution in [-0.2, 0) is 11.3 Å². The van der Waals surface area contributed by atoms with Crippen molar-refractivity contribution in [3.63, 3.8) is 0 Å². The molecular weight excluding hydrogens is 407 g/mol. The average molecular weight is 437 g/mol. The number of benzene rings is 2. The number of anilines is 1. The predicted octanol–water partition coefficient (Wildman–Crippen LogP) is 3.25. The van der Waals surface area contributed by atoms with Crippen molar-refractivity contribution >= 4 is 28.8 Å². The van der Waals surface area contributed by atoms with E-state index in [1.54, 1.807) is 7.05 Å². The first-order valence-electron chi connectivity index (χ1n) is 10.9. The maximum atomic E-state index is 13.4. The number of imidazole rings is 1. The molecule has 0 unspecified atom stereocenters. The maximum absolute atomic E-state index is 13.4. The van der Waals surface area contributed by atoms with E-state index in [0.717, 1.165) is 48.5 Å². The van der Waals surface area contributed by atoms with Crippen LogP contribution < -0.4 is 10.2 Å². The summed E-state index contributed by atoms with van der Waals surface area (Å²) in [7, 11) is 3.66. The van der Waals surface area contributed by atoms with Crippen molar-refractivity contribution in [1.82, 2.24) is 19.8 Å². The smallest absolute Gasteiger partial charge is 0.223 e. The van der Waals surface area contributed by atoms with Crippen LogP contribution in [-0.4, -0.2) is 59.5 Å². The van der Waals surface area contributed by atoms with Gasteiger partial charge < -0.3 is 14.4 Å². The third-order valence-electron chi connectivity index (χ3n) is 6.02. The normalized spacial score (nSPS) is 15.2. The maximum Gasteiger partial charge on any atom is 0.223 e. The minimum atomic E-state index is -0.232. The number of piperidine rings is 1. The van der Waals surface area contributed by atoms with Gasteiger partial charge in [-0.3, -0.25) is 15.1 Å². The Kier molecular flexibility index (Phi) is 6.39. The largest absolute Gasteiger partial charge is 0.343 e. The topological polar surface area (TPSA) is 65.8 Å². The molecule has 0 atom stereocenters. The molecule has 0 saturated carbocycles. The summed E-state index contributed by atoms with van der Waals surface area (Å²) in [6, 6.07) is 15.0. The first-order chi connectivity index (χ1) is 15.5. The number of hydrogen-bond donors (Lipinski definition) is 1. The Morgan fingerprint density at radius 1 is 1.19 bits per heavy atom. The molecule has 7 nitrogen and oxygen atoms in total. The van der Waals surface area contributed by atoms with Crippen molar-refractivity contribution in [1.29, 1.82) is 0 Å². The molecule has 1 aliphatic rings. The lowest BCUT2D eigenvalue weighted by Crippen LogP contribution is -2.50. The number of amides is 1. The Hall–Kier alpha value is -3.42. The summed E-state index contributed by atoms with van der Waals surface area (Å²) in [5.74, 6) is 1.18. The number of aromatic nitrogens is 2. The van der Waals surface area contributed by atoms with Crippen LogP contribution in [0.5, 0.6) is 0 Å². The van der Waals surface area contributed by atoms with Crippen molar-refractivity contribution in [2.75, 3.05) is 32.1 Å². The van der Waals surface area contributed by atoms with E-state index >= 15 is 0 Å². The van der Waals surface area contributed by atoms with E-state index in [0.29, 0.717) is 12.5 Å². The molecule has 0 spiro atoms. The van der Waals surface area contributed by atoms with Gasteiger partial charge in [-0.15, -0.1) is 0 Å². The Bertz CT molecular complexity index is 1120. The van der Waals surface area contributed by atoms with Crippen LogP contribution in [0.25, 0.3) is 11.0 Å². The van der Waals surface area contributed by atoms with E-state index in [9.17, 15) is 9.18 Å². The van der Waals surface area contributed by atoms with Gasteiger partial charge in [-0.25, -0.2) is 9.37 Å². The van der Waals surface area contributed by atoms with Crippen LogP contribution in [0.1, 0.15) is 25.3 Å². The molecule has 2 heterocycles. The monoisotopic (exact) mass is 436 g/mol. The number of aliphatic imine (C=N–C) groups is 1. The Labute approximate surface area is 187 Å². The molecule has 1 fully saturated rings. The van der Waals surface area contributed by atoms with E-state index in [-0.39, 0.29) is 17.8 Å². The number of guanidine groups is 1. The molecule has 1 aliphatic heterocycles. The zero-order valence-electron chi connectivity index (χ0n) is 18.8. The highest BCUT2D eigenvalue weighted by atomic mass is 19.1. The van der Waals surface area contributed by atoms with Gasteiger partial charge in [0.15, 0.2) is 5.96 Å². The number of para-hydroxylation sites is 2. The number of carbonyl (C=O) groups is 1. The minimum Gasteiger partial charge on any atom is -0.343 e. The van der Waals surface area contributed by atoms with Gasteiger partial charge in [-0.2, -0.15) is 0 Å². The first kappa shape index (κ1) is 21.8. The summed E-state index contributed by atoms with van der Waals surface area (Å²) in [5, 5.41) is 2.81. The molecule has 3 aromatic rings. The van der Waals surface area contributed by atoms with E-state index in [4.69, 9.17) is 4.98 Å². The molecule has 0 aliphatic carbocycles. The van der Waals surface area contributed by atoms with Gasteiger partial charge in [0.2, 0.25) is 11.9 Å². The molecule has 1 amide bonds. The van der Waals surface area contributed by atoms with Crippen molar-refractivity contribution < 1.29 is 9.18 Å². The number of hydrogen-bond acceptors (Lipinski definition) is 4. The predicted molar refractivity (Wildman–Crippen MR) is 125 cm³/mol. The second kappa shape index (κ2) is 9.38. The molecular formula is C24H29FN6O. The number of carbonyl (C=O) groups excluding carboxylic acids is 1. The highest BCUT2D eigenvalue weighted by Crippen LogP contribution is 2.27. The van der Waals surface area contributed by atoms with Gasteiger partial charge in [0.05, 0.1) is 17.6 Å². The van der Waals surface area contributed by atoms with E-state index in [1.807, 2.05) is 37.4 Å². The molecule has 168 valence electrons. The fourth-order valence-corrected chi connectivity index (χ4v) is 4.32. The third kappa shape index (κ3) is 4.59. The summed E-state index contributed by atoms with van der Waals surface area (Å²) >= 11 is 0. The molecule has 32 heavy (non-hydrogen) atoms. The summed E-state index contributed by atoms with van der Waals surface area (Å²) in [6.45, 7) is 3.82. The number of fused-ring (bicyclic) bond motifs is 1. The van der Waals surface area contributed by atoms with Gasteiger partial charge in [0.25, 0.3) is 0 Å². The van der Waals surface area contributed by atoms with Gasteiger partial charge in [0, 0.05) is 40.2 Å². The fourth-order valence-electron chi connectivity index (χ4n) is 4.32. The standard InChI is InChI=1S/C24H29FN6O/c1-17(32)27-23(26-2)29(3)20-12-14-30(15-13-20)24-28-21-6-4-5-7-22(21)31(24)16-18-8-10-19(25)11-9-18/h4-11,20H,12-16H2,1-3H3,(H,26,27,32). The molecule has 2 aromatic carbocycles. The van der Waals surface area contributed by atoms with Crippen LogP contribution in [0.2, 0.25) is 0 Å². The molecule has 1 aromatic heterocycles. The van der Waals surface area contributed by atoms with Crippen molar-refractivity contribution in [3.05, 3.63) is 59.9 Å². The SMILES string of the molecule is CN=C(NC(C)=O)N(C)C1CCN(c2nc3ccccc3n2Cc2ccc(F)cc2)CC1. The molecule has 0 radical (unpaired) electrons. The molecule has 0 bridgehead atoms. The molecule has 1 saturated heterocycles. The number of halogens is 1. The van der Waals surface area contributed by atoms with Crippen LogP contribution in [0.4, 0.5) is 10.3 Å². The average Bonchev–Trinajstić information content (AvgIpc) is 3.17. The van der Waals surface area contributed by atoms with Crippen LogP contribution in [0, 0.1) is 5.82 Å². The third-order valence-corrected chi connectivity index (χ3v) is 6.02. The van der Waals surface area contributed by atoms with E-state index in [2.05, 4.69) is 30.7 Å². The molecule has 4 rings (SSSR count). The lowest BCUT2D eigenvalue weighted by molar-refractivity contribution is -0.117. The van der Waals surface area contributed by atoms with Crippen LogP contribution in [0.15, 0.2) is 53.5 Å². The zero-order valence-corrected chi connectivity index (χ0v) is 18.8. The fraction of sp³-hybridized carbons (Fsp3) is 0.375. The summed E-state index contributed by atoms with van der Waals surface area (Å²) < 4.78 is 15.6. The number of nitrogens with zero attached hydrogens (tertiary/aromatic N) is 5. The highest BCUT2D eigenvalue weighted by molar-refractivity contribution is 5.95. The van der Waals surface area contributed by atoms with Crippen molar-refractivity contribution in [2.24, 2.45) is 4.99 Å². The second-order valence-electron chi connectivity index (χ2n) is 8.17. The Morgan fingerprint density at radius 2 is 1.88 bits per heavy atom. The minimum absolute atomic E-state index is 0.121. The second-order valence-corrected chi connectivity index (χ2v) is 8.17. The number of rotatable bonds is 4. The Balaban J connectivity index is 1.54. The summed E-state index contributed by atoms with van der Waals surface area (Å²) in [5.41, 5.74) is 3.05. The van der Waals surface area contributed by atoms with Crippen molar-refractivity contribution in [2.45, 2.75) is 32.4 Å². The van der Waals surface area contributed by atoms with Crippen LogP contribution in [0.3, 0.4) is 0 Å². The van der Waals surface area contributed by atoms with Gasteiger partial charge in [0.1, 0.15) is 5.82 Å². The first-order valence-corrected chi connectivity index (χ1v) is 10.9. The quantitative estimate of drug-likeness (QED) is 0.504. The van der Waals surface area contributed by atoms with Gasteiger partial charge in [-0.05, 0) is 42.7 Å². The van der Waals surface area contributed by atoms with Gasteiger partial charge in [-0.1, -0.05) is 24.3 Å². The highest BCUT2D eigenvalue weighted by Gasteiger charge is 2.27.